The Hall–Kier alpha value is -0.830. The lowest BCUT2D eigenvalue weighted by atomic mass is 9.85. The number of nitrogens with zero attached hydrogens (tertiary/aromatic N) is 1. The van der Waals surface area contributed by atoms with Gasteiger partial charge in [0.25, 0.3) is 0 Å². The summed E-state index contributed by atoms with van der Waals surface area (Å²) in [5, 5.41) is 3.45. The Morgan fingerprint density at radius 2 is 2.46 bits per heavy atom. The summed E-state index contributed by atoms with van der Waals surface area (Å²) in [6, 6.07) is 0. The summed E-state index contributed by atoms with van der Waals surface area (Å²) in [5.41, 5.74) is 1.19. The number of imidazole rings is 1. The van der Waals surface area contributed by atoms with Crippen molar-refractivity contribution in [1.29, 1.82) is 0 Å². The standard InChI is InChI=1S/C10H17N3/c1-8-12-7-10(13-8)6-11-5-9-3-2-4-9/h7,9,11H,2-6H2,1H3,(H,12,13). The molecule has 0 saturated heterocycles. The van der Waals surface area contributed by atoms with Gasteiger partial charge in [-0.1, -0.05) is 6.42 Å². The Morgan fingerprint density at radius 3 is 3.00 bits per heavy atom. The minimum atomic E-state index is 0.928. The first-order chi connectivity index (χ1) is 6.34. The van der Waals surface area contributed by atoms with Gasteiger partial charge in [0.1, 0.15) is 5.82 Å². The van der Waals surface area contributed by atoms with E-state index < -0.39 is 0 Å². The summed E-state index contributed by atoms with van der Waals surface area (Å²) in [4.78, 5) is 7.37. The van der Waals surface area contributed by atoms with E-state index in [4.69, 9.17) is 0 Å². The highest BCUT2D eigenvalue weighted by Crippen LogP contribution is 2.25. The van der Waals surface area contributed by atoms with Crippen molar-refractivity contribution in [2.24, 2.45) is 5.92 Å². The summed E-state index contributed by atoms with van der Waals surface area (Å²) in [7, 11) is 0. The largest absolute Gasteiger partial charge is 0.345 e. The number of aromatic amines is 1. The van der Waals surface area contributed by atoms with E-state index in [0.717, 1.165) is 24.8 Å². The van der Waals surface area contributed by atoms with E-state index in [0.29, 0.717) is 0 Å². The van der Waals surface area contributed by atoms with Crippen molar-refractivity contribution in [3.05, 3.63) is 17.7 Å². The highest BCUT2D eigenvalue weighted by molar-refractivity contribution is 4.99. The molecule has 0 radical (unpaired) electrons. The van der Waals surface area contributed by atoms with Crippen molar-refractivity contribution in [2.45, 2.75) is 32.7 Å². The second kappa shape index (κ2) is 3.92. The molecule has 0 spiro atoms. The maximum absolute atomic E-state index is 4.15. The molecule has 0 bridgehead atoms. The van der Waals surface area contributed by atoms with Crippen molar-refractivity contribution >= 4 is 0 Å². The molecule has 1 heterocycles. The fourth-order valence-electron chi connectivity index (χ4n) is 1.67. The number of nitrogens with one attached hydrogen (secondary N) is 2. The first-order valence-electron chi connectivity index (χ1n) is 5.06. The van der Waals surface area contributed by atoms with Crippen LogP contribution in [0, 0.1) is 12.8 Å². The van der Waals surface area contributed by atoms with E-state index >= 15 is 0 Å². The minimum absolute atomic E-state index is 0.928. The summed E-state index contributed by atoms with van der Waals surface area (Å²) in [6.07, 6.45) is 6.16. The van der Waals surface area contributed by atoms with Crippen molar-refractivity contribution in [3.8, 4) is 0 Å². The molecule has 0 aromatic carbocycles. The zero-order valence-electron chi connectivity index (χ0n) is 8.14. The van der Waals surface area contributed by atoms with Crippen LogP contribution in [-0.2, 0) is 6.54 Å². The zero-order valence-corrected chi connectivity index (χ0v) is 8.14. The van der Waals surface area contributed by atoms with Gasteiger partial charge in [-0.15, -0.1) is 0 Å². The van der Waals surface area contributed by atoms with Crippen LogP contribution in [0.3, 0.4) is 0 Å². The van der Waals surface area contributed by atoms with Gasteiger partial charge in [0.15, 0.2) is 0 Å². The molecule has 2 rings (SSSR count). The third-order valence-corrected chi connectivity index (χ3v) is 2.73. The van der Waals surface area contributed by atoms with Gasteiger partial charge in [-0.05, 0) is 32.2 Å². The highest BCUT2D eigenvalue weighted by Gasteiger charge is 2.16. The summed E-state index contributed by atoms with van der Waals surface area (Å²) >= 11 is 0. The zero-order chi connectivity index (χ0) is 9.10. The average Bonchev–Trinajstić information content (AvgIpc) is 2.42. The van der Waals surface area contributed by atoms with Gasteiger partial charge < -0.3 is 10.3 Å². The van der Waals surface area contributed by atoms with E-state index in [9.17, 15) is 0 Å². The first-order valence-corrected chi connectivity index (χ1v) is 5.06. The molecule has 0 amide bonds. The van der Waals surface area contributed by atoms with Crippen molar-refractivity contribution in [1.82, 2.24) is 15.3 Å². The van der Waals surface area contributed by atoms with E-state index in [1.165, 1.54) is 25.0 Å². The third-order valence-electron chi connectivity index (χ3n) is 2.73. The smallest absolute Gasteiger partial charge is 0.103 e. The second-order valence-electron chi connectivity index (χ2n) is 3.92. The fraction of sp³-hybridized carbons (Fsp3) is 0.700. The first kappa shape index (κ1) is 8.75. The predicted molar refractivity (Wildman–Crippen MR) is 52.4 cm³/mol. The Labute approximate surface area is 79.0 Å². The van der Waals surface area contributed by atoms with Crippen LogP contribution in [-0.4, -0.2) is 16.5 Å². The van der Waals surface area contributed by atoms with Gasteiger partial charge in [0.2, 0.25) is 0 Å². The Kier molecular flexibility index (Phi) is 2.64. The molecule has 1 fully saturated rings. The van der Waals surface area contributed by atoms with Crippen LogP contribution in [0.25, 0.3) is 0 Å². The molecule has 13 heavy (non-hydrogen) atoms. The molecule has 3 nitrogen and oxygen atoms in total. The van der Waals surface area contributed by atoms with E-state index in [2.05, 4.69) is 15.3 Å². The third kappa shape index (κ3) is 2.31. The quantitative estimate of drug-likeness (QED) is 0.737. The van der Waals surface area contributed by atoms with Gasteiger partial charge in [-0.25, -0.2) is 4.98 Å². The lowest BCUT2D eigenvalue weighted by Gasteiger charge is -2.25. The molecule has 1 aliphatic carbocycles. The summed E-state index contributed by atoms with van der Waals surface area (Å²) < 4.78 is 0. The second-order valence-corrected chi connectivity index (χ2v) is 3.92. The SMILES string of the molecule is Cc1ncc(CNCC2CCC2)[nH]1. The normalized spacial score (nSPS) is 17.3. The van der Waals surface area contributed by atoms with Crippen LogP contribution in [0.5, 0.6) is 0 Å². The van der Waals surface area contributed by atoms with Crippen LogP contribution < -0.4 is 5.32 Å². The molecule has 2 N–H and O–H groups in total. The lowest BCUT2D eigenvalue weighted by molar-refractivity contribution is 0.301. The molecule has 1 aromatic heterocycles. The molecule has 1 saturated carbocycles. The molecular formula is C10H17N3. The number of hydrogen-bond acceptors (Lipinski definition) is 2. The molecular weight excluding hydrogens is 162 g/mol. The molecule has 3 heteroatoms. The van der Waals surface area contributed by atoms with Crippen LogP contribution in [0.1, 0.15) is 30.8 Å². The molecule has 1 aromatic rings. The summed E-state index contributed by atoms with van der Waals surface area (Å²) in [6.45, 7) is 4.07. The Bertz CT molecular complexity index is 263. The van der Waals surface area contributed by atoms with Crippen LogP contribution in [0.2, 0.25) is 0 Å². The minimum Gasteiger partial charge on any atom is -0.345 e. The van der Waals surface area contributed by atoms with Gasteiger partial charge in [-0.2, -0.15) is 0 Å². The van der Waals surface area contributed by atoms with E-state index in [1.54, 1.807) is 0 Å². The monoisotopic (exact) mass is 179 g/mol. The van der Waals surface area contributed by atoms with Crippen LogP contribution in [0.15, 0.2) is 6.20 Å². The van der Waals surface area contributed by atoms with Gasteiger partial charge >= 0.3 is 0 Å². The van der Waals surface area contributed by atoms with E-state index in [-0.39, 0.29) is 0 Å². The predicted octanol–water partition coefficient (Wildman–Crippen LogP) is 1.61. The molecule has 72 valence electrons. The topological polar surface area (TPSA) is 40.7 Å². The molecule has 0 unspecified atom stereocenters. The number of aromatic nitrogens is 2. The van der Waals surface area contributed by atoms with Crippen LogP contribution >= 0.6 is 0 Å². The van der Waals surface area contributed by atoms with Crippen molar-refractivity contribution < 1.29 is 0 Å². The molecule has 0 aliphatic heterocycles. The maximum atomic E-state index is 4.15. The van der Waals surface area contributed by atoms with Crippen molar-refractivity contribution in [2.75, 3.05) is 6.54 Å². The Morgan fingerprint density at radius 1 is 1.62 bits per heavy atom. The number of hydrogen-bond donors (Lipinski definition) is 2. The van der Waals surface area contributed by atoms with E-state index in [1.807, 2.05) is 13.1 Å². The lowest BCUT2D eigenvalue weighted by Crippen LogP contribution is -2.26. The van der Waals surface area contributed by atoms with Crippen LogP contribution in [0.4, 0.5) is 0 Å². The van der Waals surface area contributed by atoms with Gasteiger partial charge in [-0.3, -0.25) is 0 Å². The number of rotatable bonds is 4. The average molecular weight is 179 g/mol. The molecule has 0 atom stereocenters. The number of H-pyrrole nitrogens is 1. The molecule has 1 aliphatic rings. The van der Waals surface area contributed by atoms with Gasteiger partial charge in [0.05, 0.1) is 0 Å². The maximum Gasteiger partial charge on any atom is 0.103 e. The number of aryl methyl sites for hydroxylation is 1. The fourth-order valence-corrected chi connectivity index (χ4v) is 1.67. The summed E-state index contributed by atoms with van der Waals surface area (Å²) in [5.74, 6) is 1.93. The van der Waals surface area contributed by atoms with Gasteiger partial charge in [0, 0.05) is 18.4 Å². The highest BCUT2D eigenvalue weighted by atomic mass is 15.0. The van der Waals surface area contributed by atoms with Crippen molar-refractivity contribution in [3.63, 3.8) is 0 Å². The Balaban J connectivity index is 1.67.